The molecule has 1 amide bonds. The molecule has 2 heterocycles. The van der Waals surface area contributed by atoms with Crippen LogP contribution in [0.3, 0.4) is 0 Å². The number of amides is 1. The zero-order valence-electron chi connectivity index (χ0n) is 13.8. The van der Waals surface area contributed by atoms with Gasteiger partial charge in [-0.3, -0.25) is 4.79 Å². The van der Waals surface area contributed by atoms with Crippen molar-refractivity contribution in [3.8, 4) is 10.6 Å². The van der Waals surface area contributed by atoms with Crippen molar-refractivity contribution in [2.45, 2.75) is 18.8 Å². The van der Waals surface area contributed by atoms with E-state index in [9.17, 15) is 4.79 Å². The van der Waals surface area contributed by atoms with Crippen LogP contribution in [0.5, 0.6) is 0 Å². The molecule has 0 aliphatic carbocycles. The van der Waals surface area contributed by atoms with Crippen LogP contribution < -0.4 is 0 Å². The molecule has 2 aromatic carbocycles. The fourth-order valence-corrected chi connectivity index (χ4v) is 4.21. The number of likely N-dealkylation sites (tertiary alicyclic amines) is 1. The number of rotatable bonds is 3. The Morgan fingerprint density at radius 1 is 0.920 bits per heavy atom. The van der Waals surface area contributed by atoms with Gasteiger partial charge in [-0.2, -0.15) is 0 Å². The van der Waals surface area contributed by atoms with E-state index in [1.807, 2.05) is 53.4 Å². The first-order chi connectivity index (χ1) is 12.3. The molecule has 0 unspecified atom stereocenters. The van der Waals surface area contributed by atoms with Gasteiger partial charge in [0.15, 0.2) is 0 Å². The Morgan fingerprint density at radius 2 is 1.56 bits per heavy atom. The van der Waals surface area contributed by atoms with E-state index >= 15 is 0 Å². The third kappa shape index (κ3) is 3.46. The molecule has 1 aliphatic heterocycles. The van der Waals surface area contributed by atoms with Crippen LogP contribution in [0, 0.1) is 0 Å². The fraction of sp³-hybridized carbons (Fsp3) is 0.250. The Kier molecular flexibility index (Phi) is 4.57. The van der Waals surface area contributed by atoms with Crippen molar-refractivity contribution in [1.82, 2.24) is 15.1 Å². The zero-order chi connectivity index (χ0) is 17.1. The van der Waals surface area contributed by atoms with E-state index in [-0.39, 0.29) is 5.91 Å². The molecular formula is C20H19N3OS. The number of benzene rings is 2. The van der Waals surface area contributed by atoms with E-state index in [0.29, 0.717) is 5.92 Å². The Balaban J connectivity index is 1.41. The Morgan fingerprint density at radius 3 is 2.24 bits per heavy atom. The van der Waals surface area contributed by atoms with Crippen LogP contribution in [-0.4, -0.2) is 34.1 Å². The second-order valence-electron chi connectivity index (χ2n) is 6.24. The van der Waals surface area contributed by atoms with Crippen molar-refractivity contribution >= 4 is 17.2 Å². The second-order valence-corrected chi connectivity index (χ2v) is 7.25. The minimum absolute atomic E-state index is 0.126. The fourth-order valence-electron chi connectivity index (χ4n) is 3.19. The Bertz CT molecular complexity index is 840. The monoisotopic (exact) mass is 349 g/mol. The van der Waals surface area contributed by atoms with Gasteiger partial charge in [-0.05, 0) is 25.0 Å². The molecule has 1 aliphatic rings. The maximum absolute atomic E-state index is 12.5. The van der Waals surface area contributed by atoms with Gasteiger partial charge in [-0.1, -0.05) is 59.9 Å². The third-order valence-corrected chi connectivity index (χ3v) is 5.75. The molecule has 1 fully saturated rings. The standard InChI is InChI=1S/C20H19N3OS/c24-20(17-9-5-2-6-10-17)23-13-11-16(12-14-23)19-22-21-18(25-19)15-7-3-1-4-8-15/h1-10,16H,11-14H2. The highest BCUT2D eigenvalue weighted by molar-refractivity contribution is 7.14. The summed E-state index contributed by atoms with van der Waals surface area (Å²) in [5.74, 6) is 0.524. The number of nitrogens with zero attached hydrogens (tertiary/aromatic N) is 3. The van der Waals surface area contributed by atoms with Crippen molar-refractivity contribution in [3.63, 3.8) is 0 Å². The average Bonchev–Trinajstić information content (AvgIpc) is 3.19. The van der Waals surface area contributed by atoms with Crippen molar-refractivity contribution in [1.29, 1.82) is 0 Å². The van der Waals surface area contributed by atoms with Crippen LogP contribution in [0.4, 0.5) is 0 Å². The molecule has 0 bridgehead atoms. The summed E-state index contributed by atoms with van der Waals surface area (Å²) in [5.41, 5.74) is 1.88. The lowest BCUT2D eigenvalue weighted by Gasteiger charge is -2.31. The van der Waals surface area contributed by atoms with Gasteiger partial charge in [0.05, 0.1) is 0 Å². The minimum Gasteiger partial charge on any atom is -0.339 e. The van der Waals surface area contributed by atoms with Gasteiger partial charge in [0.2, 0.25) is 0 Å². The summed E-state index contributed by atoms with van der Waals surface area (Å²) < 4.78 is 0. The molecule has 0 atom stereocenters. The molecule has 0 saturated carbocycles. The number of carbonyl (C=O) groups excluding carboxylic acids is 1. The van der Waals surface area contributed by atoms with Crippen molar-refractivity contribution in [2.24, 2.45) is 0 Å². The second kappa shape index (κ2) is 7.15. The number of hydrogen-bond acceptors (Lipinski definition) is 4. The highest BCUT2D eigenvalue weighted by atomic mass is 32.1. The summed E-state index contributed by atoms with van der Waals surface area (Å²) in [6, 6.07) is 19.7. The van der Waals surface area contributed by atoms with E-state index in [1.54, 1.807) is 11.3 Å². The van der Waals surface area contributed by atoms with Gasteiger partial charge >= 0.3 is 0 Å². The van der Waals surface area contributed by atoms with Crippen molar-refractivity contribution in [3.05, 3.63) is 71.2 Å². The highest BCUT2D eigenvalue weighted by Crippen LogP contribution is 2.33. The van der Waals surface area contributed by atoms with E-state index in [2.05, 4.69) is 22.3 Å². The number of aromatic nitrogens is 2. The van der Waals surface area contributed by atoms with Crippen LogP contribution in [0.1, 0.15) is 34.1 Å². The van der Waals surface area contributed by atoms with Crippen LogP contribution in [0.15, 0.2) is 60.7 Å². The van der Waals surface area contributed by atoms with E-state index in [1.165, 1.54) is 0 Å². The van der Waals surface area contributed by atoms with Crippen LogP contribution in [0.25, 0.3) is 10.6 Å². The molecule has 4 rings (SSSR count). The Hall–Kier alpha value is -2.53. The van der Waals surface area contributed by atoms with Crippen molar-refractivity contribution < 1.29 is 4.79 Å². The first-order valence-corrected chi connectivity index (χ1v) is 9.36. The summed E-state index contributed by atoms with van der Waals surface area (Å²) in [6.07, 6.45) is 1.89. The predicted molar refractivity (Wildman–Crippen MR) is 99.7 cm³/mol. The Labute approximate surface area is 151 Å². The summed E-state index contributed by atoms with van der Waals surface area (Å²) >= 11 is 1.67. The molecule has 3 aromatic rings. The van der Waals surface area contributed by atoms with Crippen LogP contribution in [0.2, 0.25) is 0 Å². The van der Waals surface area contributed by atoms with E-state index in [4.69, 9.17) is 0 Å². The normalized spacial score (nSPS) is 15.3. The van der Waals surface area contributed by atoms with Gasteiger partial charge in [0.1, 0.15) is 10.0 Å². The van der Waals surface area contributed by atoms with Crippen molar-refractivity contribution in [2.75, 3.05) is 13.1 Å². The predicted octanol–water partition coefficient (Wildman–Crippen LogP) is 4.22. The average molecular weight is 349 g/mol. The van der Waals surface area contributed by atoms with Crippen LogP contribution in [-0.2, 0) is 0 Å². The maximum Gasteiger partial charge on any atom is 0.253 e. The van der Waals surface area contributed by atoms with Gasteiger partial charge in [-0.25, -0.2) is 0 Å². The lowest BCUT2D eigenvalue weighted by atomic mass is 9.97. The molecule has 126 valence electrons. The summed E-state index contributed by atoms with van der Waals surface area (Å²) in [7, 11) is 0. The first kappa shape index (κ1) is 16.0. The van der Waals surface area contributed by atoms with Gasteiger partial charge in [0, 0.05) is 30.1 Å². The summed E-state index contributed by atoms with van der Waals surface area (Å²) in [5, 5.41) is 10.8. The smallest absolute Gasteiger partial charge is 0.253 e. The first-order valence-electron chi connectivity index (χ1n) is 8.54. The summed E-state index contributed by atoms with van der Waals surface area (Å²) in [4.78, 5) is 14.5. The molecule has 0 radical (unpaired) electrons. The van der Waals surface area contributed by atoms with Gasteiger partial charge < -0.3 is 4.90 Å². The maximum atomic E-state index is 12.5. The molecule has 0 N–H and O–H groups in total. The molecule has 1 saturated heterocycles. The highest BCUT2D eigenvalue weighted by Gasteiger charge is 2.26. The SMILES string of the molecule is O=C(c1ccccc1)N1CCC(c2nnc(-c3ccccc3)s2)CC1. The molecule has 1 aromatic heterocycles. The lowest BCUT2D eigenvalue weighted by Crippen LogP contribution is -2.37. The molecule has 0 spiro atoms. The molecule has 4 nitrogen and oxygen atoms in total. The van der Waals surface area contributed by atoms with E-state index < -0.39 is 0 Å². The van der Waals surface area contributed by atoms with E-state index in [0.717, 1.165) is 47.1 Å². The molecule has 5 heteroatoms. The van der Waals surface area contributed by atoms with Gasteiger partial charge in [0.25, 0.3) is 5.91 Å². The third-order valence-electron chi connectivity index (χ3n) is 4.61. The number of piperidine rings is 1. The lowest BCUT2D eigenvalue weighted by molar-refractivity contribution is 0.0713. The number of carbonyl (C=O) groups is 1. The molecule has 25 heavy (non-hydrogen) atoms. The minimum atomic E-state index is 0.126. The van der Waals surface area contributed by atoms with Crippen LogP contribution >= 0.6 is 11.3 Å². The molecular weight excluding hydrogens is 330 g/mol. The quantitative estimate of drug-likeness (QED) is 0.711. The number of hydrogen-bond donors (Lipinski definition) is 0. The van der Waals surface area contributed by atoms with Gasteiger partial charge in [-0.15, -0.1) is 10.2 Å². The zero-order valence-corrected chi connectivity index (χ0v) is 14.7. The largest absolute Gasteiger partial charge is 0.339 e. The summed E-state index contributed by atoms with van der Waals surface area (Å²) in [6.45, 7) is 1.55. The topological polar surface area (TPSA) is 46.1 Å².